The molecule has 2 amide bonds. The lowest BCUT2D eigenvalue weighted by molar-refractivity contribution is -0.116. The van der Waals surface area contributed by atoms with Crippen LogP contribution in [0.3, 0.4) is 0 Å². The average Bonchev–Trinajstić information content (AvgIpc) is 3.12. The maximum atomic E-state index is 12.9. The minimum atomic E-state index is -0.237. The zero-order valence-corrected chi connectivity index (χ0v) is 17.1. The van der Waals surface area contributed by atoms with E-state index in [0.717, 1.165) is 16.8 Å². The molecule has 6 heteroatoms. The van der Waals surface area contributed by atoms with Gasteiger partial charge in [0.05, 0.1) is 30.5 Å². The molecule has 29 heavy (non-hydrogen) atoms. The van der Waals surface area contributed by atoms with Gasteiger partial charge in [-0.2, -0.15) is 5.10 Å². The summed E-state index contributed by atoms with van der Waals surface area (Å²) in [6, 6.07) is 17.6. The van der Waals surface area contributed by atoms with E-state index in [1.165, 1.54) is 4.90 Å². The smallest absolute Gasteiger partial charge is 0.257 e. The topological polar surface area (TPSA) is 67.2 Å². The van der Waals surface area contributed by atoms with E-state index in [1.54, 1.807) is 13.2 Å². The molecular formula is C23H26N4O2. The van der Waals surface area contributed by atoms with Crippen molar-refractivity contribution in [1.82, 2.24) is 14.7 Å². The third kappa shape index (κ3) is 5.10. The van der Waals surface area contributed by atoms with E-state index in [0.29, 0.717) is 24.2 Å². The molecule has 0 aliphatic carbocycles. The van der Waals surface area contributed by atoms with Crippen LogP contribution in [0.5, 0.6) is 0 Å². The van der Waals surface area contributed by atoms with Gasteiger partial charge < -0.3 is 10.2 Å². The number of aromatic nitrogens is 2. The third-order valence-electron chi connectivity index (χ3n) is 4.75. The molecule has 6 nitrogen and oxygen atoms in total. The molecule has 1 heterocycles. The van der Waals surface area contributed by atoms with Crippen molar-refractivity contribution in [3.05, 3.63) is 83.2 Å². The summed E-state index contributed by atoms with van der Waals surface area (Å²) in [5.74, 6) is -0.445. The van der Waals surface area contributed by atoms with Crippen LogP contribution in [0.1, 0.15) is 34.1 Å². The highest BCUT2D eigenvalue weighted by atomic mass is 16.2. The molecular weight excluding hydrogens is 364 g/mol. The minimum Gasteiger partial charge on any atom is -0.332 e. The number of carbonyl (C=O) groups excluding carboxylic acids is 2. The van der Waals surface area contributed by atoms with Gasteiger partial charge in [0, 0.05) is 12.7 Å². The number of amides is 2. The van der Waals surface area contributed by atoms with Crippen LogP contribution < -0.4 is 5.32 Å². The van der Waals surface area contributed by atoms with E-state index in [1.807, 2.05) is 73.1 Å². The summed E-state index contributed by atoms with van der Waals surface area (Å²) in [4.78, 5) is 26.7. The first-order valence-corrected chi connectivity index (χ1v) is 9.68. The van der Waals surface area contributed by atoms with Crippen LogP contribution in [0.2, 0.25) is 0 Å². The number of carbonyl (C=O) groups is 2. The number of anilines is 1. The highest BCUT2D eigenvalue weighted by molar-refractivity contribution is 5.99. The maximum absolute atomic E-state index is 12.9. The largest absolute Gasteiger partial charge is 0.332 e. The molecule has 0 unspecified atom stereocenters. The van der Waals surface area contributed by atoms with E-state index in [4.69, 9.17) is 0 Å². The number of rotatable bonds is 7. The SMILES string of the molecule is CCc1c(C(=O)N(C)CC(=O)Nc2ccc(C)cc2)cnn1Cc1ccccc1. The summed E-state index contributed by atoms with van der Waals surface area (Å²) in [7, 11) is 1.63. The Labute approximate surface area is 171 Å². The molecule has 0 bridgehead atoms. The molecule has 0 atom stereocenters. The minimum absolute atomic E-state index is 0.0280. The van der Waals surface area contributed by atoms with Crippen LogP contribution in [-0.2, 0) is 17.8 Å². The van der Waals surface area contributed by atoms with Crippen molar-refractivity contribution in [2.45, 2.75) is 26.8 Å². The Bertz CT molecular complexity index is 978. The second-order valence-electron chi connectivity index (χ2n) is 7.08. The van der Waals surface area contributed by atoms with Crippen LogP contribution in [0.15, 0.2) is 60.8 Å². The molecule has 0 aliphatic heterocycles. The van der Waals surface area contributed by atoms with E-state index in [9.17, 15) is 9.59 Å². The Morgan fingerprint density at radius 1 is 1.07 bits per heavy atom. The molecule has 0 radical (unpaired) electrons. The monoisotopic (exact) mass is 390 g/mol. The first kappa shape index (κ1) is 20.3. The number of hydrogen-bond acceptors (Lipinski definition) is 3. The normalized spacial score (nSPS) is 10.6. The fourth-order valence-corrected chi connectivity index (χ4v) is 3.19. The number of likely N-dealkylation sites (N-methyl/N-ethyl adjacent to an activating group) is 1. The van der Waals surface area contributed by atoms with Crippen LogP contribution in [0.4, 0.5) is 5.69 Å². The fourth-order valence-electron chi connectivity index (χ4n) is 3.19. The highest BCUT2D eigenvalue weighted by Crippen LogP contribution is 2.15. The number of nitrogens with zero attached hydrogens (tertiary/aromatic N) is 3. The standard InChI is InChI=1S/C23H26N4O2/c1-4-21-20(14-24-27(21)15-18-8-6-5-7-9-18)23(29)26(3)16-22(28)25-19-12-10-17(2)11-13-19/h5-14H,4,15-16H2,1-3H3,(H,25,28). The zero-order chi connectivity index (χ0) is 20.8. The Morgan fingerprint density at radius 2 is 1.76 bits per heavy atom. The van der Waals surface area contributed by atoms with E-state index in [-0.39, 0.29) is 18.4 Å². The van der Waals surface area contributed by atoms with Crippen molar-refractivity contribution >= 4 is 17.5 Å². The van der Waals surface area contributed by atoms with Gasteiger partial charge in [-0.25, -0.2) is 0 Å². The molecule has 0 fully saturated rings. The van der Waals surface area contributed by atoms with Gasteiger partial charge in [-0.3, -0.25) is 14.3 Å². The van der Waals surface area contributed by atoms with Crippen molar-refractivity contribution in [3.63, 3.8) is 0 Å². The zero-order valence-electron chi connectivity index (χ0n) is 17.1. The molecule has 1 aromatic heterocycles. The molecule has 2 aromatic carbocycles. The fraction of sp³-hybridized carbons (Fsp3) is 0.261. The van der Waals surface area contributed by atoms with Gasteiger partial charge >= 0.3 is 0 Å². The predicted octanol–water partition coefficient (Wildman–Crippen LogP) is 3.51. The van der Waals surface area contributed by atoms with Crippen LogP contribution in [0.25, 0.3) is 0 Å². The van der Waals surface area contributed by atoms with E-state index in [2.05, 4.69) is 10.4 Å². The quantitative estimate of drug-likeness (QED) is 0.671. The molecule has 3 aromatic rings. The number of benzene rings is 2. The van der Waals surface area contributed by atoms with Gasteiger partial charge in [-0.1, -0.05) is 55.0 Å². The lowest BCUT2D eigenvalue weighted by atomic mass is 10.1. The Balaban J connectivity index is 1.67. The summed E-state index contributed by atoms with van der Waals surface area (Å²) < 4.78 is 1.85. The summed E-state index contributed by atoms with van der Waals surface area (Å²) in [5, 5.41) is 7.23. The molecule has 0 spiro atoms. The molecule has 3 rings (SSSR count). The Morgan fingerprint density at radius 3 is 2.41 bits per heavy atom. The van der Waals surface area contributed by atoms with Crippen molar-refractivity contribution < 1.29 is 9.59 Å². The molecule has 0 saturated carbocycles. The third-order valence-corrected chi connectivity index (χ3v) is 4.75. The number of nitrogens with one attached hydrogen (secondary N) is 1. The molecule has 1 N–H and O–H groups in total. The van der Waals surface area contributed by atoms with Crippen LogP contribution >= 0.6 is 0 Å². The van der Waals surface area contributed by atoms with Crippen LogP contribution in [-0.4, -0.2) is 40.1 Å². The molecule has 150 valence electrons. The van der Waals surface area contributed by atoms with Gasteiger partial charge in [0.25, 0.3) is 5.91 Å². The first-order chi connectivity index (χ1) is 14.0. The van der Waals surface area contributed by atoms with Gasteiger partial charge in [0.15, 0.2) is 0 Å². The lowest BCUT2D eigenvalue weighted by Gasteiger charge is -2.17. The van der Waals surface area contributed by atoms with Gasteiger partial charge in [-0.05, 0) is 31.0 Å². The van der Waals surface area contributed by atoms with Crippen molar-refractivity contribution in [1.29, 1.82) is 0 Å². The van der Waals surface area contributed by atoms with Gasteiger partial charge in [0.1, 0.15) is 0 Å². The lowest BCUT2D eigenvalue weighted by Crippen LogP contribution is -2.35. The van der Waals surface area contributed by atoms with Gasteiger partial charge in [-0.15, -0.1) is 0 Å². The van der Waals surface area contributed by atoms with Crippen LogP contribution in [0, 0.1) is 6.92 Å². The van der Waals surface area contributed by atoms with Gasteiger partial charge in [0.2, 0.25) is 5.91 Å². The van der Waals surface area contributed by atoms with E-state index >= 15 is 0 Å². The summed E-state index contributed by atoms with van der Waals surface area (Å²) in [6.07, 6.45) is 2.27. The Hall–Kier alpha value is -3.41. The predicted molar refractivity (Wildman–Crippen MR) is 114 cm³/mol. The second-order valence-corrected chi connectivity index (χ2v) is 7.08. The molecule has 0 saturated heterocycles. The summed E-state index contributed by atoms with van der Waals surface area (Å²) >= 11 is 0. The number of aryl methyl sites for hydroxylation is 1. The average molecular weight is 390 g/mol. The van der Waals surface area contributed by atoms with Crippen molar-refractivity contribution in [2.75, 3.05) is 18.9 Å². The second kappa shape index (κ2) is 9.19. The Kier molecular flexibility index (Phi) is 6.44. The maximum Gasteiger partial charge on any atom is 0.257 e. The summed E-state index contributed by atoms with van der Waals surface area (Å²) in [6.45, 7) is 4.56. The van der Waals surface area contributed by atoms with E-state index < -0.39 is 0 Å². The van der Waals surface area contributed by atoms with Crippen molar-refractivity contribution in [2.24, 2.45) is 0 Å². The molecule has 0 aliphatic rings. The number of hydrogen-bond donors (Lipinski definition) is 1. The summed E-state index contributed by atoms with van der Waals surface area (Å²) in [5.41, 5.74) is 4.36. The first-order valence-electron chi connectivity index (χ1n) is 9.68. The highest BCUT2D eigenvalue weighted by Gasteiger charge is 2.21. The van der Waals surface area contributed by atoms with Crippen molar-refractivity contribution in [3.8, 4) is 0 Å².